The Morgan fingerprint density at radius 1 is 0.519 bits per heavy atom. The number of rotatable bonds is 45. The summed E-state index contributed by atoms with van der Waals surface area (Å²) >= 11 is 1.49. The molecule has 104 heavy (non-hydrogen) atoms. The molecule has 0 aliphatic carbocycles. The summed E-state index contributed by atoms with van der Waals surface area (Å²) in [6.07, 6.45) is 5.20. The van der Waals surface area contributed by atoms with Crippen molar-refractivity contribution in [3.8, 4) is 11.5 Å². The molecular weight excluding hydrogens is 1360 g/mol. The molecule has 32 nitrogen and oxygen atoms in total. The predicted molar refractivity (Wildman–Crippen MR) is 395 cm³/mol. The van der Waals surface area contributed by atoms with Crippen LogP contribution in [0, 0.1) is 23.2 Å². The van der Waals surface area contributed by atoms with Crippen molar-refractivity contribution in [2.45, 2.75) is 192 Å². The van der Waals surface area contributed by atoms with Gasteiger partial charge in [0.15, 0.2) is 5.96 Å². The van der Waals surface area contributed by atoms with Crippen molar-refractivity contribution in [1.82, 2.24) is 68.8 Å². The van der Waals surface area contributed by atoms with Crippen molar-refractivity contribution in [3.05, 3.63) is 95.7 Å². The van der Waals surface area contributed by atoms with E-state index in [1.807, 2.05) is 44.4 Å². The number of aromatic amines is 1. The average molecular weight is 1470 g/mol. The summed E-state index contributed by atoms with van der Waals surface area (Å²) in [6, 6.07) is 5.28. The highest BCUT2D eigenvalue weighted by Gasteiger charge is 2.37. The van der Waals surface area contributed by atoms with Crippen LogP contribution >= 0.6 is 11.8 Å². The molecule has 0 spiro atoms. The van der Waals surface area contributed by atoms with Crippen molar-refractivity contribution in [2.24, 2.45) is 40.7 Å². The lowest BCUT2D eigenvalue weighted by Crippen LogP contribution is -2.60. The molecule has 24 N–H and O–H groups in total. The second-order valence-corrected chi connectivity index (χ2v) is 27.7. The van der Waals surface area contributed by atoms with E-state index in [0.717, 1.165) is 10.9 Å². The lowest BCUT2D eigenvalue weighted by molar-refractivity contribution is -0.136. The molecule has 1 aromatic heterocycles. The van der Waals surface area contributed by atoms with Crippen LogP contribution in [0.1, 0.15) is 123 Å². The standard InChI is InChI=1S/C71H108N18O14S/c1-10-40(6)59(70(103)87-54(32-38(2)3)67(100)83-51(18-13-14-29-72)64(97)82-52(19-15-30-77-71(75)76)65(98)84-53(60(74)93)35-45-36-78-50-17-12-11-16-48(45)50)88-57(92)37-79-61(94)41(7)81-69(102)58(39(4)5)89-68(101)56(34-44-22-26-47(91)27-23-44)85-62(95)42(8)80-66(99)55(33-43-20-24-46(90)25-21-43)86-63(96)49(73)28-31-104-9/h11-12,16-17,20-27,36,38-42,49,51-56,58-59,78,90-91H,10,13-15,18-19,28-35,37,72-73H2,1-9H3,(H2,74,93)(H,79,94)(H,80,99)(H,81,102)(H,82,97)(H,83,100)(H,84,98)(H,85,95)(H,86,96)(H,87,103)(H,88,92)(H,89,101)(H4,75,76,77)/t40-,41-,42-,49-,51-,52-,53-,54-,55-,56-,58-,59-/m1/s1. The minimum Gasteiger partial charge on any atom is -0.508 e. The van der Waals surface area contributed by atoms with Crippen molar-refractivity contribution >= 4 is 99.5 Å². The molecule has 4 aromatic rings. The molecule has 0 saturated carbocycles. The number of nitrogens with two attached hydrogens (primary N) is 4. The minimum atomic E-state index is -1.40. The van der Waals surface area contributed by atoms with Gasteiger partial charge in [-0.1, -0.05) is 90.4 Å². The molecular formula is C71H108N18O14S. The van der Waals surface area contributed by atoms with E-state index in [9.17, 15) is 67.7 Å². The lowest BCUT2D eigenvalue weighted by atomic mass is 9.96. The van der Waals surface area contributed by atoms with Gasteiger partial charge in [-0.15, -0.1) is 0 Å². The third-order valence-corrected chi connectivity index (χ3v) is 17.9. The number of para-hydroxylation sites is 1. The van der Waals surface area contributed by atoms with Gasteiger partial charge in [-0.3, -0.25) is 62.9 Å². The summed E-state index contributed by atoms with van der Waals surface area (Å²) in [6.45, 7) is 12.7. The van der Waals surface area contributed by atoms with Gasteiger partial charge in [0, 0.05) is 42.9 Å². The second-order valence-electron chi connectivity index (χ2n) is 26.7. The van der Waals surface area contributed by atoms with Crippen LogP contribution in [0.5, 0.6) is 11.5 Å². The van der Waals surface area contributed by atoms with Crippen LogP contribution in [0.2, 0.25) is 0 Å². The Labute approximate surface area is 610 Å². The van der Waals surface area contributed by atoms with Crippen molar-refractivity contribution < 1.29 is 67.7 Å². The fourth-order valence-corrected chi connectivity index (χ4v) is 11.5. The molecule has 12 atom stereocenters. The van der Waals surface area contributed by atoms with Crippen LogP contribution in [-0.2, 0) is 76.8 Å². The third kappa shape index (κ3) is 29.4. The highest BCUT2D eigenvalue weighted by atomic mass is 32.2. The SMILES string of the molecule is CC[C@@H](C)[C@@H](NC(=O)CNC(=O)[C@@H](C)NC(=O)[C@H](NC(=O)[C@@H](Cc1ccc(O)cc1)NC(=O)[C@@H](C)NC(=O)[C@@H](Cc1ccc(O)cc1)NC(=O)[C@H](N)CCSC)C(C)C)C(=O)N[C@H](CC(C)C)C(=O)N[C@H](CCCCN)C(=O)N[C@H](CCCNC(=N)N)C(=O)N[C@H](Cc1c[nH]c2ccccc12)C(N)=O. The number of guanidine groups is 1. The zero-order valence-electron chi connectivity index (χ0n) is 60.7. The zero-order valence-corrected chi connectivity index (χ0v) is 61.5. The maximum Gasteiger partial charge on any atom is 0.243 e. The molecule has 4 rings (SSSR count). The molecule has 572 valence electrons. The van der Waals surface area contributed by atoms with E-state index < -0.39 is 156 Å². The Morgan fingerprint density at radius 3 is 1.55 bits per heavy atom. The first-order valence-corrected chi connectivity index (χ1v) is 36.4. The third-order valence-electron chi connectivity index (χ3n) is 17.3. The van der Waals surface area contributed by atoms with Gasteiger partial charge in [-0.25, -0.2) is 0 Å². The molecule has 33 heteroatoms. The number of amides is 12. The van der Waals surface area contributed by atoms with E-state index in [4.69, 9.17) is 28.3 Å². The Morgan fingerprint density at radius 2 is 1.01 bits per heavy atom. The van der Waals surface area contributed by atoms with Crippen molar-refractivity contribution in [3.63, 3.8) is 0 Å². The van der Waals surface area contributed by atoms with Gasteiger partial charge < -0.3 is 102 Å². The van der Waals surface area contributed by atoms with Crippen LogP contribution in [0.15, 0.2) is 79.0 Å². The van der Waals surface area contributed by atoms with E-state index in [1.54, 1.807) is 46.0 Å². The number of primary amides is 1. The van der Waals surface area contributed by atoms with Crippen LogP contribution in [0.3, 0.4) is 0 Å². The first kappa shape index (κ1) is 86.4. The molecule has 0 aliphatic heterocycles. The van der Waals surface area contributed by atoms with Gasteiger partial charge in [-0.2, -0.15) is 11.8 Å². The van der Waals surface area contributed by atoms with Crippen LogP contribution in [0.4, 0.5) is 0 Å². The molecule has 0 aliphatic rings. The number of carbonyl (C=O) groups excluding carboxylic acids is 12. The van der Waals surface area contributed by atoms with Gasteiger partial charge in [0.2, 0.25) is 70.9 Å². The first-order chi connectivity index (χ1) is 49.2. The van der Waals surface area contributed by atoms with Crippen molar-refractivity contribution in [1.29, 1.82) is 5.41 Å². The minimum absolute atomic E-state index is 0.00697. The number of thioether (sulfide) groups is 1. The zero-order chi connectivity index (χ0) is 77.3. The molecule has 0 fully saturated rings. The molecule has 12 amide bonds. The van der Waals surface area contributed by atoms with Crippen molar-refractivity contribution in [2.75, 3.05) is 31.6 Å². The van der Waals surface area contributed by atoms with Crippen LogP contribution in [-0.4, -0.2) is 190 Å². The smallest absolute Gasteiger partial charge is 0.243 e. The Hall–Kier alpha value is -10.0. The number of hydrogen-bond donors (Lipinski definition) is 20. The van der Waals surface area contributed by atoms with E-state index in [1.165, 1.54) is 62.0 Å². The molecule has 0 radical (unpaired) electrons. The number of nitrogens with one attached hydrogen (secondary N) is 14. The number of unbranched alkanes of at least 4 members (excludes halogenated alkanes) is 1. The van der Waals surface area contributed by atoms with E-state index >= 15 is 0 Å². The van der Waals surface area contributed by atoms with Crippen LogP contribution < -0.4 is 86.7 Å². The number of phenolic OH excluding ortho intramolecular Hbond substituents is 2. The van der Waals surface area contributed by atoms with Crippen LogP contribution in [0.25, 0.3) is 10.9 Å². The molecule has 3 aromatic carbocycles. The highest BCUT2D eigenvalue weighted by Crippen LogP contribution is 2.21. The highest BCUT2D eigenvalue weighted by molar-refractivity contribution is 7.98. The fourth-order valence-electron chi connectivity index (χ4n) is 11.0. The number of phenols is 2. The van der Waals surface area contributed by atoms with E-state index in [0.29, 0.717) is 48.1 Å². The molecule has 0 saturated heterocycles. The summed E-state index contributed by atoms with van der Waals surface area (Å²) < 4.78 is 0. The quantitative estimate of drug-likeness (QED) is 0.0148. The fraction of sp³-hybridized carbons (Fsp3) is 0.535. The molecule has 0 unspecified atom stereocenters. The molecule has 1 heterocycles. The maximum absolute atomic E-state index is 14.4. The van der Waals surface area contributed by atoms with Gasteiger partial charge >= 0.3 is 0 Å². The number of carbonyl (C=O) groups is 12. The Balaban J connectivity index is 1.44. The largest absolute Gasteiger partial charge is 0.508 e. The van der Waals surface area contributed by atoms with E-state index in [2.05, 4.69) is 68.8 Å². The number of fused-ring (bicyclic) bond motifs is 1. The summed E-state index contributed by atoms with van der Waals surface area (Å²) in [5.41, 5.74) is 25.8. The number of aromatic hydroxyl groups is 2. The average Bonchev–Trinajstić information content (AvgIpc) is 1.69. The van der Waals surface area contributed by atoms with E-state index in [-0.39, 0.29) is 81.4 Å². The monoisotopic (exact) mass is 1470 g/mol. The summed E-state index contributed by atoms with van der Waals surface area (Å²) in [7, 11) is 0. The number of hydrogen-bond acceptors (Lipinski definition) is 18. The van der Waals surface area contributed by atoms with Gasteiger partial charge in [0.25, 0.3) is 0 Å². The topological polar surface area (TPSA) is 533 Å². The number of benzene rings is 3. The van der Waals surface area contributed by atoms with Gasteiger partial charge in [-0.05, 0) is 142 Å². The predicted octanol–water partition coefficient (Wildman–Crippen LogP) is -0.683. The second kappa shape index (κ2) is 43.8. The van der Waals surface area contributed by atoms with Gasteiger partial charge in [0.1, 0.15) is 71.9 Å². The maximum atomic E-state index is 14.4. The normalized spacial score (nSPS) is 14.7. The number of aromatic nitrogens is 1. The molecule has 0 bridgehead atoms. The summed E-state index contributed by atoms with van der Waals surface area (Å²) in [4.78, 5) is 170. The lowest BCUT2D eigenvalue weighted by Gasteiger charge is -2.29. The van der Waals surface area contributed by atoms with Gasteiger partial charge in [0.05, 0.1) is 12.6 Å². The Kier molecular flexibility index (Phi) is 36.4. The first-order valence-electron chi connectivity index (χ1n) is 35.0. The number of H-pyrrole nitrogens is 1. The summed E-state index contributed by atoms with van der Waals surface area (Å²) in [5.74, 6) is -10.6. The summed E-state index contributed by atoms with van der Waals surface area (Å²) in [5, 5.41) is 60.1. The Bertz CT molecular complexity index is 3540.